The summed E-state index contributed by atoms with van der Waals surface area (Å²) in [6.07, 6.45) is 0.309. The Kier molecular flexibility index (Phi) is 6.02. The Morgan fingerprint density at radius 2 is 2.12 bits per heavy atom. The quantitative estimate of drug-likeness (QED) is 0.569. The average Bonchev–Trinajstić information content (AvgIpc) is 2.90. The van der Waals surface area contributed by atoms with Gasteiger partial charge in [0.2, 0.25) is 0 Å². The van der Waals surface area contributed by atoms with Gasteiger partial charge in [0.05, 0.1) is 18.1 Å². The molecule has 0 aliphatic carbocycles. The number of ether oxygens (including phenoxy) is 1. The first kappa shape index (κ1) is 19.2. The number of aryl methyl sites for hydroxylation is 1. The van der Waals surface area contributed by atoms with Gasteiger partial charge in [-0.1, -0.05) is 0 Å². The van der Waals surface area contributed by atoms with Gasteiger partial charge in [0.25, 0.3) is 0 Å². The van der Waals surface area contributed by atoms with Gasteiger partial charge < -0.3 is 20.1 Å². The highest BCUT2D eigenvalue weighted by Crippen LogP contribution is 2.21. The topological polar surface area (TPSA) is 113 Å². The Labute approximate surface area is 146 Å². The van der Waals surface area contributed by atoms with Crippen molar-refractivity contribution in [1.29, 1.82) is 0 Å². The van der Waals surface area contributed by atoms with Gasteiger partial charge in [-0.15, -0.1) is 0 Å². The SMILES string of the molecule is COCCN(C(=O)C(=O)Nc1ccc(O)cc1C)C1CCS(=O)(=O)C1. The van der Waals surface area contributed by atoms with Crippen molar-refractivity contribution in [3.05, 3.63) is 23.8 Å². The Balaban J connectivity index is 2.13. The monoisotopic (exact) mass is 370 g/mol. The molecule has 1 heterocycles. The predicted octanol–water partition coefficient (Wildman–Crippen LogP) is 0.301. The molecule has 1 aliphatic heterocycles. The van der Waals surface area contributed by atoms with Crippen LogP contribution in [0.15, 0.2) is 18.2 Å². The summed E-state index contributed by atoms with van der Waals surface area (Å²) in [6.45, 7) is 2.03. The summed E-state index contributed by atoms with van der Waals surface area (Å²) in [5.41, 5.74) is 1.01. The van der Waals surface area contributed by atoms with Gasteiger partial charge in [0.15, 0.2) is 9.84 Å². The molecule has 8 nitrogen and oxygen atoms in total. The van der Waals surface area contributed by atoms with Crippen molar-refractivity contribution in [2.45, 2.75) is 19.4 Å². The maximum absolute atomic E-state index is 12.5. The number of nitrogens with one attached hydrogen (secondary N) is 1. The molecular weight excluding hydrogens is 348 g/mol. The normalized spacial score (nSPS) is 18.7. The Morgan fingerprint density at radius 1 is 1.40 bits per heavy atom. The molecule has 0 spiro atoms. The molecule has 1 aliphatic rings. The minimum atomic E-state index is -3.19. The number of carbonyl (C=O) groups is 2. The van der Waals surface area contributed by atoms with Crippen LogP contribution < -0.4 is 5.32 Å². The highest BCUT2D eigenvalue weighted by Gasteiger charge is 2.36. The molecule has 25 heavy (non-hydrogen) atoms. The van der Waals surface area contributed by atoms with Crippen molar-refractivity contribution in [3.63, 3.8) is 0 Å². The molecule has 2 amide bonds. The lowest BCUT2D eigenvalue weighted by atomic mass is 10.2. The van der Waals surface area contributed by atoms with E-state index in [0.29, 0.717) is 17.7 Å². The van der Waals surface area contributed by atoms with E-state index in [1.165, 1.54) is 30.2 Å². The lowest BCUT2D eigenvalue weighted by molar-refractivity contribution is -0.144. The molecule has 1 unspecified atom stereocenters. The summed E-state index contributed by atoms with van der Waals surface area (Å²) >= 11 is 0. The Bertz CT molecular complexity index is 762. The zero-order valence-corrected chi connectivity index (χ0v) is 15.0. The van der Waals surface area contributed by atoms with Crippen molar-refractivity contribution < 1.29 is 27.9 Å². The second-order valence-corrected chi connectivity index (χ2v) is 8.23. The fourth-order valence-corrected chi connectivity index (χ4v) is 4.49. The zero-order chi connectivity index (χ0) is 18.6. The zero-order valence-electron chi connectivity index (χ0n) is 14.2. The molecule has 1 atom stereocenters. The molecule has 0 bridgehead atoms. The van der Waals surface area contributed by atoms with Crippen LogP contribution in [-0.4, -0.2) is 68.0 Å². The molecule has 2 rings (SSSR count). The molecule has 2 N–H and O–H groups in total. The number of rotatable bonds is 5. The molecule has 0 aromatic heterocycles. The number of nitrogens with zero attached hydrogens (tertiary/aromatic N) is 1. The smallest absolute Gasteiger partial charge is 0.313 e. The molecule has 1 aromatic rings. The molecular formula is C16H22N2O6S. The van der Waals surface area contributed by atoms with E-state index in [4.69, 9.17) is 4.74 Å². The van der Waals surface area contributed by atoms with Crippen molar-refractivity contribution >= 4 is 27.3 Å². The van der Waals surface area contributed by atoms with Gasteiger partial charge >= 0.3 is 11.8 Å². The average molecular weight is 370 g/mol. The maximum Gasteiger partial charge on any atom is 0.313 e. The third-order valence-corrected chi connectivity index (χ3v) is 5.85. The van der Waals surface area contributed by atoms with E-state index in [9.17, 15) is 23.1 Å². The third kappa shape index (κ3) is 4.93. The number of anilines is 1. The van der Waals surface area contributed by atoms with Gasteiger partial charge in [-0.05, 0) is 37.1 Å². The van der Waals surface area contributed by atoms with Crippen LogP contribution in [0.3, 0.4) is 0 Å². The largest absolute Gasteiger partial charge is 0.508 e. The summed E-state index contributed by atoms with van der Waals surface area (Å²) in [4.78, 5) is 26.1. The number of carbonyl (C=O) groups excluding carboxylic acids is 2. The number of hydrogen-bond acceptors (Lipinski definition) is 6. The third-order valence-electron chi connectivity index (χ3n) is 4.10. The Hall–Kier alpha value is -2.13. The van der Waals surface area contributed by atoms with Crippen molar-refractivity contribution in [2.24, 2.45) is 0 Å². The number of methoxy groups -OCH3 is 1. The van der Waals surface area contributed by atoms with E-state index in [1.54, 1.807) is 6.92 Å². The molecule has 9 heteroatoms. The lowest BCUT2D eigenvalue weighted by Crippen LogP contribution is -2.48. The fourth-order valence-electron chi connectivity index (χ4n) is 2.76. The standard InChI is InChI=1S/C16H22N2O6S/c1-11-9-13(19)3-4-14(11)17-15(20)16(21)18(6-7-24-2)12-5-8-25(22,23)10-12/h3-4,9,12,19H,5-8,10H2,1-2H3,(H,17,20). The van der Waals surface area contributed by atoms with Crippen LogP contribution in [0.4, 0.5) is 5.69 Å². The second kappa shape index (κ2) is 7.83. The van der Waals surface area contributed by atoms with Gasteiger partial charge in [0.1, 0.15) is 5.75 Å². The van der Waals surface area contributed by atoms with Gasteiger partial charge in [-0.3, -0.25) is 9.59 Å². The first-order chi connectivity index (χ1) is 11.7. The van der Waals surface area contributed by atoms with Crippen LogP contribution in [0.25, 0.3) is 0 Å². The molecule has 0 saturated carbocycles. The number of phenolic OH excluding ortho intramolecular Hbond substituents is 1. The molecule has 1 fully saturated rings. The van der Waals surface area contributed by atoms with Crippen LogP contribution in [0.1, 0.15) is 12.0 Å². The van der Waals surface area contributed by atoms with E-state index in [-0.39, 0.29) is 30.4 Å². The summed E-state index contributed by atoms with van der Waals surface area (Å²) in [5.74, 6) is -1.73. The highest BCUT2D eigenvalue weighted by atomic mass is 32.2. The van der Waals surface area contributed by atoms with Crippen LogP contribution in [0.5, 0.6) is 5.75 Å². The summed E-state index contributed by atoms with van der Waals surface area (Å²) < 4.78 is 28.3. The number of phenols is 1. The van der Waals surface area contributed by atoms with Crippen LogP contribution >= 0.6 is 0 Å². The van der Waals surface area contributed by atoms with Crippen molar-refractivity contribution in [2.75, 3.05) is 37.1 Å². The Morgan fingerprint density at radius 3 is 2.68 bits per heavy atom. The summed E-state index contributed by atoms with van der Waals surface area (Å²) in [7, 11) is -1.72. The molecule has 1 aromatic carbocycles. The number of hydrogen-bond donors (Lipinski definition) is 2. The number of aromatic hydroxyl groups is 1. The highest BCUT2D eigenvalue weighted by molar-refractivity contribution is 7.91. The van der Waals surface area contributed by atoms with Crippen LogP contribution in [0, 0.1) is 6.92 Å². The lowest BCUT2D eigenvalue weighted by Gasteiger charge is -2.27. The first-order valence-corrected chi connectivity index (χ1v) is 9.66. The number of benzene rings is 1. The summed E-state index contributed by atoms with van der Waals surface area (Å²) in [5, 5.41) is 11.9. The number of sulfone groups is 1. The molecule has 1 saturated heterocycles. The van der Waals surface area contributed by atoms with Crippen molar-refractivity contribution in [1.82, 2.24) is 4.90 Å². The van der Waals surface area contributed by atoms with Crippen LogP contribution in [0.2, 0.25) is 0 Å². The van der Waals surface area contributed by atoms with Crippen LogP contribution in [-0.2, 0) is 24.2 Å². The van der Waals surface area contributed by atoms with E-state index < -0.39 is 27.7 Å². The van der Waals surface area contributed by atoms with E-state index >= 15 is 0 Å². The first-order valence-electron chi connectivity index (χ1n) is 7.84. The van der Waals surface area contributed by atoms with Crippen molar-refractivity contribution in [3.8, 4) is 5.75 Å². The van der Waals surface area contributed by atoms with E-state index in [1.807, 2.05) is 0 Å². The summed E-state index contributed by atoms with van der Waals surface area (Å²) in [6, 6.07) is 3.83. The number of amides is 2. The maximum atomic E-state index is 12.5. The predicted molar refractivity (Wildman–Crippen MR) is 92.1 cm³/mol. The minimum Gasteiger partial charge on any atom is -0.508 e. The minimum absolute atomic E-state index is 0.00706. The second-order valence-electron chi connectivity index (χ2n) is 6.00. The van der Waals surface area contributed by atoms with Gasteiger partial charge in [-0.2, -0.15) is 0 Å². The van der Waals surface area contributed by atoms with Gasteiger partial charge in [-0.25, -0.2) is 8.42 Å². The molecule has 138 valence electrons. The van der Waals surface area contributed by atoms with Gasteiger partial charge in [0, 0.05) is 25.4 Å². The van der Waals surface area contributed by atoms with E-state index in [0.717, 1.165) is 0 Å². The molecule has 0 radical (unpaired) electrons. The van der Waals surface area contributed by atoms with E-state index in [2.05, 4.69) is 5.32 Å². The fraction of sp³-hybridized carbons (Fsp3) is 0.500.